The maximum Gasteiger partial charge on any atom is 0.407 e. The number of aromatic amines is 1. The molecule has 0 saturated heterocycles. The highest BCUT2D eigenvalue weighted by Crippen LogP contribution is 2.36. The van der Waals surface area contributed by atoms with Crippen molar-refractivity contribution in [2.75, 3.05) is 5.32 Å². The lowest BCUT2D eigenvalue weighted by Gasteiger charge is -2.13. The van der Waals surface area contributed by atoms with Gasteiger partial charge >= 0.3 is 6.09 Å². The monoisotopic (exact) mass is 432 g/mol. The van der Waals surface area contributed by atoms with Crippen LogP contribution in [0.3, 0.4) is 0 Å². The lowest BCUT2D eigenvalue weighted by atomic mass is 10.0. The molecule has 4 aromatic heterocycles. The summed E-state index contributed by atoms with van der Waals surface area (Å²) in [5.74, 6) is 0.996. The van der Waals surface area contributed by atoms with Crippen LogP contribution in [0.5, 0.6) is 0 Å². The van der Waals surface area contributed by atoms with Crippen molar-refractivity contribution < 1.29 is 9.53 Å². The SMILES string of the molecule is Cn1ncc2nccc(Nc3cc([C@H]4CC[C@@H](OC(=O)NCc5cccnc5)C4)[nH]n3)c21. The Morgan fingerprint density at radius 1 is 1.28 bits per heavy atom. The second-order valence-electron chi connectivity index (χ2n) is 7.95. The Bertz CT molecular complexity index is 1220. The lowest BCUT2D eigenvalue weighted by molar-refractivity contribution is 0.0996. The number of carbonyl (C=O) groups excluding carboxylic acids is 1. The van der Waals surface area contributed by atoms with Crippen LogP contribution in [0.15, 0.2) is 49.1 Å². The lowest BCUT2D eigenvalue weighted by Crippen LogP contribution is -2.27. The van der Waals surface area contributed by atoms with Gasteiger partial charge in [-0.3, -0.25) is 19.7 Å². The maximum atomic E-state index is 12.1. The molecule has 1 fully saturated rings. The second kappa shape index (κ2) is 8.66. The summed E-state index contributed by atoms with van der Waals surface area (Å²) in [6, 6.07) is 7.67. The highest BCUT2D eigenvalue weighted by molar-refractivity contribution is 5.89. The minimum absolute atomic E-state index is 0.108. The summed E-state index contributed by atoms with van der Waals surface area (Å²) < 4.78 is 7.39. The first kappa shape index (κ1) is 20.0. The summed E-state index contributed by atoms with van der Waals surface area (Å²) in [4.78, 5) is 20.5. The standard InChI is InChI=1S/C22H24N8O2/c1-30-21-17(6-8-24-19(21)13-26-30)27-20-10-18(28-29-20)15-4-5-16(9-15)32-22(31)25-12-14-3-2-7-23-11-14/h2-3,6-8,10-11,13,15-16H,4-5,9,12H2,1H3,(H,25,31)(H2,24,27,28,29)/t15-,16+/m0/s1. The molecule has 164 valence electrons. The fraction of sp³-hybridized carbons (Fsp3) is 0.318. The summed E-state index contributed by atoms with van der Waals surface area (Å²) in [7, 11) is 1.89. The van der Waals surface area contributed by atoms with Crippen molar-refractivity contribution in [3.63, 3.8) is 0 Å². The number of aromatic nitrogens is 6. The third-order valence-electron chi connectivity index (χ3n) is 5.75. The van der Waals surface area contributed by atoms with Gasteiger partial charge in [0.1, 0.15) is 17.1 Å². The molecule has 2 atom stereocenters. The van der Waals surface area contributed by atoms with Gasteiger partial charge in [0.2, 0.25) is 0 Å². The molecule has 0 bridgehead atoms. The van der Waals surface area contributed by atoms with Crippen LogP contribution in [-0.4, -0.2) is 42.1 Å². The van der Waals surface area contributed by atoms with E-state index in [4.69, 9.17) is 4.74 Å². The van der Waals surface area contributed by atoms with E-state index in [0.717, 1.165) is 53.1 Å². The number of H-pyrrole nitrogens is 1. The smallest absolute Gasteiger partial charge is 0.407 e. The van der Waals surface area contributed by atoms with E-state index in [9.17, 15) is 4.79 Å². The molecule has 0 aliphatic heterocycles. The van der Waals surface area contributed by atoms with E-state index in [2.05, 4.69) is 35.9 Å². The predicted molar refractivity (Wildman–Crippen MR) is 118 cm³/mol. The van der Waals surface area contributed by atoms with E-state index < -0.39 is 6.09 Å². The van der Waals surface area contributed by atoms with Gasteiger partial charge in [-0.2, -0.15) is 10.2 Å². The Hall–Kier alpha value is -3.95. The topological polar surface area (TPSA) is 123 Å². The summed E-state index contributed by atoms with van der Waals surface area (Å²) in [6.07, 6.45) is 8.93. The maximum absolute atomic E-state index is 12.1. The molecule has 4 aromatic rings. The quantitative estimate of drug-likeness (QED) is 0.427. The zero-order chi connectivity index (χ0) is 21.9. The third-order valence-corrected chi connectivity index (χ3v) is 5.75. The van der Waals surface area contributed by atoms with Crippen LogP contribution in [0.25, 0.3) is 11.0 Å². The number of carbonyl (C=O) groups is 1. The molecule has 1 saturated carbocycles. The number of nitrogens with zero attached hydrogens (tertiary/aromatic N) is 5. The van der Waals surface area contributed by atoms with Crippen molar-refractivity contribution in [1.29, 1.82) is 0 Å². The van der Waals surface area contributed by atoms with E-state index in [-0.39, 0.29) is 12.0 Å². The predicted octanol–water partition coefficient (Wildman–Crippen LogP) is 3.39. The van der Waals surface area contributed by atoms with Crippen LogP contribution in [0.2, 0.25) is 0 Å². The Morgan fingerprint density at radius 2 is 2.22 bits per heavy atom. The van der Waals surface area contributed by atoms with Gasteiger partial charge in [-0.15, -0.1) is 0 Å². The number of aryl methyl sites for hydroxylation is 1. The fourth-order valence-electron chi connectivity index (χ4n) is 4.15. The molecular weight excluding hydrogens is 408 g/mol. The number of hydrogen-bond donors (Lipinski definition) is 3. The number of pyridine rings is 2. The van der Waals surface area contributed by atoms with Crippen LogP contribution in [-0.2, 0) is 18.3 Å². The van der Waals surface area contributed by atoms with Crippen molar-refractivity contribution in [2.45, 2.75) is 37.8 Å². The minimum Gasteiger partial charge on any atom is -0.446 e. The third kappa shape index (κ3) is 4.25. The summed E-state index contributed by atoms with van der Waals surface area (Å²) in [6.45, 7) is 0.400. The first-order chi connectivity index (χ1) is 15.7. The van der Waals surface area contributed by atoms with Crippen LogP contribution < -0.4 is 10.6 Å². The molecule has 10 heteroatoms. The average molecular weight is 432 g/mol. The zero-order valence-electron chi connectivity index (χ0n) is 17.7. The number of rotatable bonds is 6. The number of hydrogen-bond acceptors (Lipinski definition) is 7. The highest BCUT2D eigenvalue weighted by Gasteiger charge is 2.30. The molecule has 10 nitrogen and oxygen atoms in total. The Balaban J connectivity index is 1.16. The Labute approximate surface area is 184 Å². The molecule has 0 aromatic carbocycles. The van der Waals surface area contributed by atoms with Gasteiger partial charge in [-0.1, -0.05) is 6.07 Å². The van der Waals surface area contributed by atoms with Gasteiger partial charge in [0.15, 0.2) is 5.82 Å². The van der Waals surface area contributed by atoms with Gasteiger partial charge < -0.3 is 15.4 Å². The molecule has 5 rings (SSSR count). The van der Waals surface area contributed by atoms with Crippen molar-refractivity contribution in [3.8, 4) is 0 Å². The van der Waals surface area contributed by atoms with Crippen LogP contribution in [0.1, 0.15) is 36.4 Å². The number of amides is 1. The second-order valence-corrected chi connectivity index (χ2v) is 7.95. The summed E-state index contributed by atoms with van der Waals surface area (Å²) in [5.41, 5.74) is 4.61. The molecule has 0 radical (unpaired) electrons. The molecule has 4 heterocycles. The van der Waals surface area contributed by atoms with E-state index in [1.807, 2.05) is 31.3 Å². The Kier molecular flexibility index (Phi) is 5.40. The summed E-state index contributed by atoms with van der Waals surface area (Å²) >= 11 is 0. The number of nitrogens with one attached hydrogen (secondary N) is 3. The number of ether oxygens (including phenoxy) is 1. The van der Waals surface area contributed by atoms with Crippen molar-refractivity contribution in [2.24, 2.45) is 7.05 Å². The van der Waals surface area contributed by atoms with Gasteiger partial charge in [-0.05, 0) is 37.0 Å². The molecule has 1 aliphatic carbocycles. The average Bonchev–Trinajstić information content (AvgIpc) is 3.54. The molecule has 32 heavy (non-hydrogen) atoms. The van der Waals surface area contributed by atoms with E-state index >= 15 is 0 Å². The van der Waals surface area contributed by atoms with Crippen LogP contribution in [0, 0.1) is 0 Å². The van der Waals surface area contributed by atoms with Gasteiger partial charge in [0, 0.05) is 49.9 Å². The molecule has 0 spiro atoms. The number of anilines is 2. The fourth-order valence-corrected chi connectivity index (χ4v) is 4.15. The number of alkyl carbamates (subject to hydrolysis) is 1. The van der Waals surface area contributed by atoms with Crippen molar-refractivity contribution in [1.82, 2.24) is 35.3 Å². The van der Waals surface area contributed by atoms with Crippen LogP contribution in [0.4, 0.5) is 16.3 Å². The highest BCUT2D eigenvalue weighted by atomic mass is 16.6. The van der Waals surface area contributed by atoms with E-state index in [1.165, 1.54) is 0 Å². The Morgan fingerprint density at radius 3 is 3.09 bits per heavy atom. The normalized spacial score (nSPS) is 18.0. The zero-order valence-corrected chi connectivity index (χ0v) is 17.7. The van der Waals surface area contributed by atoms with Gasteiger partial charge in [-0.25, -0.2) is 4.79 Å². The molecule has 1 aliphatic rings. The molecule has 0 unspecified atom stereocenters. The molecule has 3 N–H and O–H groups in total. The van der Waals surface area contributed by atoms with E-state index in [0.29, 0.717) is 6.54 Å². The van der Waals surface area contributed by atoms with Crippen LogP contribution >= 0.6 is 0 Å². The molecule has 1 amide bonds. The molecular formula is C22H24N8O2. The first-order valence-corrected chi connectivity index (χ1v) is 10.6. The van der Waals surface area contributed by atoms with Gasteiger partial charge in [0.05, 0.1) is 11.9 Å². The number of fused-ring (bicyclic) bond motifs is 1. The largest absolute Gasteiger partial charge is 0.446 e. The minimum atomic E-state index is -0.399. The van der Waals surface area contributed by atoms with Gasteiger partial charge in [0.25, 0.3) is 0 Å². The van der Waals surface area contributed by atoms with E-state index in [1.54, 1.807) is 29.5 Å². The van der Waals surface area contributed by atoms with Crippen molar-refractivity contribution >= 4 is 28.6 Å². The summed E-state index contributed by atoms with van der Waals surface area (Å²) in [5, 5.41) is 17.9. The first-order valence-electron chi connectivity index (χ1n) is 10.6. The van der Waals surface area contributed by atoms with Crippen molar-refractivity contribution in [3.05, 3.63) is 60.3 Å².